The summed E-state index contributed by atoms with van der Waals surface area (Å²) in [4.78, 5) is 0. The fourth-order valence-corrected chi connectivity index (χ4v) is 2.73. The predicted molar refractivity (Wildman–Crippen MR) is 62.5 cm³/mol. The van der Waals surface area contributed by atoms with Gasteiger partial charge in [-0.3, -0.25) is 0 Å². The number of hydrogen-bond donors (Lipinski definition) is 0. The van der Waals surface area contributed by atoms with Gasteiger partial charge in [-0.1, -0.05) is 11.6 Å². The third-order valence-corrected chi connectivity index (χ3v) is 3.57. The number of benzene rings is 1. The highest BCUT2D eigenvalue weighted by atomic mass is 35.5. The molecule has 0 amide bonds. The molecule has 0 saturated heterocycles. The lowest BCUT2D eigenvalue weighted by atomic mass is 10.1. The fourth-order valence-electron chi connectivity index (χ4n) is 2.54. The predicted octanol–water partition coefficient (Wildman–Crippen LogP) is 3.89. The van der Waals surface area contributed by atoms with Crippen LogP contribution in [0, 0.1) is 6.92 Å². The smallest absolute Gasteiger partial charge is 0.211 e. The highest BCUT2D eigenvalue weighted by Gasteiger charge is 2.42. The van der Waals surface area contributed by atoms with Crippen LogP contribution in [-0.2, 0) is 4.74 Å². The molecule has 3 rings (SSSR count). The van der Waals surface area contributed by atoms with E-state index in [1.165, 1.54) is 0 Å². The van der Waals surface area contributed by atoms with Crippen LogP contribution in [-0.4, -0.2) is 5.79 Å². The molecule has 1 radical (unpaired) electrons. The van der Waals surface area contributed by atoms with Gasteiger partial charge in [-0.25, -0.2) is 0 Å². The highest BCUT2D eigenvalue weighted by molar-refractivity contribution is 6.30. The maximum absolute atomic E-state index is 5.98. The minimum Gasteiger partial charge on any atom is -0.462 e. The van der Waals surface area contributed by atoms with Crippen LogP contribution >= 0.6 is 11.6 Å². The molecule has 1 heterocycles. The monoisotopic (exact) mass is 237 g/mol. The third-order valence-electron chi connectivity index (χ3n) is 3.34. The van der Waals surface area contributed by atoms with Crippen molar-refractivity contribution in [1.82, 2.24) is 0 Å². The quantitative estimate of drug-likeness (QED) is 0.682. The SMILES string of the molecule is [CH2]C1OC2(CCCC2)Oc2ccc(Cl)cc21. The van der Waals surface area contributed by atoms with E-state index < -0.39 is 5.79 Å². The molecular weight excluding hydrogens is 224 g/mol. The Hall–Kier alpha value is -0.730. The van der Waals surface area contributed by atoms with Gasteiger partial charge >= 0.3 is 0 Å². The van der Waals surface area contributed by atoms with E-state index in [0.29, 0.717) is 5.02 Å². The molecule has 1 aliphatic carbocycles. The zero-order chi connectivity index (χ0) is 11.2. The average Bonchev–Trinajstić information content (AvgIpc) is 2.68. The topological polar surface area (TPSA) is 18.5 Å². The van der Waals surface area contributed by atoms with Crippen LogP contribution < -0.4 is 4.74 Å². The zero-order valence-corrected chi connectivity index (χ0v) is 9.80. The van der Waals surface area contributed by atoms with Crippen LogP contribution in [0.1, 0.15) is 37.4 Å². The summed E-state index contributed by atoms with van der Waals surface area (Å²) in [5.41, 5.74) is 0.949. The van der Waals surface area contributed by atoms with E-state index in [0.717, 1.165) is 37.0 Å². The van der Waals surface area contributed by atoms with E-state index in [1.807, 2.05) is 18.2 Å². The second-order valence-corrected chi connectivity index (χ2v) is 4.94. The molecule has 1 atom stereocenters. The molecule has 1 aromatic rings. The van der Waals surface area contributed by atoms with Gasteiger partial charge < -0.3 is 9.47 Å². The third kappa shape index (κ3) is 1.61. The van der Waals surface area contributed by atoms with Crippen LogP contribution in [0.25, 0.3) is 0 Å². The Morgan fingerprint density at radius 2 is 2.06 bits per heavy atom. The summed E-state index contributed by atoms with van der Waals surface area (Å²) < 4.78 is 11.9. The normalized spacial score (nSPS) is 26.5. The highest BCUT2D eigenvalue weighted by Crippen LogP contribution is 2.46. The first kappa shape index (κ1) is 10.4. The second kappa shape index (κ2) is 3.64. The first-order chi connectivity index (χ1) is 7.69. The Balaban J connectivity index is 1.99. The lowest BCUT2D eigenvalue weighted by molar-refractivity contribution is -0.214. The van der Waals surface area contributed by atoms with E-state index in [1.54, 1.807) is 0 Å². The van der Waals surface area contributed by atoms with Crippen molar-refractivity contribution >= 4 is 11.6 Å². The van der Waals surface area contributed by atoms with Gasteiger partial charge in [0.15, 0.2) is 0 Å². The van der Waals surface area contributed by atoms with E-state index >= 15 is 0 Å². The largest absolute Gasteiger partial charge is 0.462 e. The number of rotatable bonds is 0. The van der Waals surface area contributed by atoms with Crippen molar-refractivity contribution in [2.75, 3.05) is 0 Å². The molecule has 0 N–H and O–H groups in total. The van der Waals surface area contributed by atoms with Crippen molar-refractivity contribution in [1.29, 1.82) is 0 Å². The first-order valence-electron chi connectivity index (χ1n) is 5.68. The standard InChI is InChI=1S/C13H14ClO2/c1-9-11-8-10(14)4-5-12(11)16-13(15-9)6-2-3-7-13/h4-5,8-9H,1-3,6-7H2. The van der Waals surface area contributed by atoms with Gasteiger partial charge in [0.2, 0.25) is 5.79 Å². The second-order valence-electron chi connectivity index (χ2n) is 4.51. The summed E-state index contributed by atoms with van der Waals surface area (Å²) in [5, 5.41) is 0.696. The van der Waals surface area contributed by atoms with Crippen molar-refractivity contribution in [2.45, 2.75) is 37.6 Å². The van der Waals surface area contributed by atoms with Crippen LogP contribution in [0.15, 0.2) is 18.2 Å². The van der Waals surface area contributed by atoms with Crippen molar-refractivity contribution in [3.63, 3.8) is 0 Å². The fraction of sp³-hybridized carbons (Fsp3) is 0.462. The van der Waals surface area contributed by atoms with Gasteiger partial charge in [0, 0.05) is 23.4 Å². The van der Waals surface area contributed by atoms with Gasteiger partial charge in [0.05, 0.1) is 6.10 Å². The zero-order valence-electron chi connectivity index (χ0n) is 9.04. The number of halogens is 1. The van der Waals surface area contributed by atoms with E-state index in [4.69, 9.17) is 21.1 Å². The van der Waals surface area contributed by atoms with E-state index in [-0.39, 0.29) is 6.10 Å². The van der Waals surface area contributed by atoms with Crippen molar-refractivity contribution in [2.24, 2.45) is 0 Å². The number of ether oxygens (including phenoxy) is 2. The van der Waals surface area contributed by atoms with Crippen molar-refractivity contribution < 1.29 is 9.47 Å². The maximum atomic E-state index is 5.98. The van der Waals surface area contributed by atoms with E-state index in [2.05, 4.69) is 6.92 Å². The minimum absolute atomic E-state index is 0.180. The molecule has 0 bridgehead atoms. The van der Waals surface area contributed by atoms with Gasteiger partial charge in [0.25, 0.3) is 0 Å². The molecule has 1 aliphatic heterocycles. The average molecular weight is 238 g/mol. The maximum Gasteiger partial charge on any atom is 0.211 e. The Labute approximate surface area is 101 Å². The van der Waals surface area contributed by atoms with Crippen LogP contribution in [0.5, 0.6) is 5.75 Å². The summed E-state index contributed by atoms with van der Waals surface area (Å²) >= 11 is 5.95. The molecule has 1 unspecified atom stereocenters. The summed E-state index contributed by atoms with van der Waals surface area (Å²) in [6.45, 7) is 4.04. The Bertz CT molecular complexity index is 410. The summed E-state index contributed by atoms with van der Waals surface area (Å²) in [7, 11) is 0. The lowest BCUT2D eigenvalue weighted by Gasteiger charge is -2.38. The molecule has 16 heavy (non-hydrogen) atoms. The van der Waals surface area contributed by atoms with E-state index in [9.17, 15) is 0 Å². The molecule has 3 heteroatoms. The molecule has 1 saturated carbocycles. The molecule has 1 fully saturated rings. The van der Waals surface area contributed by atoms with Crippen LogP contribution in [0.4, 0.5) is 0 Å². The minimum atomic E-state index is -0.423. The molecular formula is C13H14ClO2. The lowest BCUT2D eigenvalue weighted by Crippen LogP contribution is -2.40. The molecule has 1 spiro atoms. The Morgan fingerprint density at radius 3 is 2.81 bits per heavy atom. The van der Waals surface area contributed by atoms with Crippen molar-refractivity contribution in [3.05, 3.63) is 35.7 Å². The Morgan fingerprint density at radius 1 is 1.31 bits per heavy atom. The first-order valence-corrected chi connectivity index (χ1v) is 6.06. The molecule has 0 aromatic heterocycles. The molecule has 85 valence electrons. The molecule has 1 aromatic carbocycles. The summed E-state index contributed by atoms with van der Waals surface area (Å²) in [6.07, 6.45) is 4.06. The van der Waals surface area contributed by atoms with Crippen LogP contribution in [0.2, 0.25) is 5.02 Å². The van der Waals surface area contributed by atoms with Gasteiger partial charge in [-0.15, -0.1) is 0 Å². The summed E-state index contributed by atoms with van der Waals surface area (Å²) in [6, 6.07) is 5.63. The van der Waals surface area contributed by atoms with Gasteiger partial charge in [-0.05, 0) is 38.0 Å². The summed E-state index contributed by atoms with van der Waals surface area (Å²) in [5.74, 6) is 0.449. The van der Waals surface area contributed by atoms with Gasteiger partial charge in [-0.2, -0.15) is 0 Å². The van der Waals surface area contributed by atoms with Crippen LogP contribution in [0.3, 0.4) is 0 Å². The number of fused-ring (bicyclic) bond motifs is 1. The van der Waals surface area contributed by atoms with Gasteiger partial charge in [0.1, 0.15) is 5.75 Å². The number of hydrogen-bond acceptors (Lipinski definition) is 2. The Kier molecular flexibility index (Phi) is 2.37. The molecule has 2 nitrogen and oxygen atoms in total. The molecule has 2 aliphatic rings. The van der Waals surface area contributed by atoms with Crippen molar-refractivity contribution in [3.8, 4) is 5.75 Å².